The lowest BCUT2D eigenvalue weighted by Crippen LogP contribution is -2.37. The summed E-state index contributed by atoms with van der Waals surface area (Å²) in [6.45, 7) is 1.15. The molecule has 1 aromatic heterocycles. The van der Waals surface area contributed by atoms with E-state index in [1.54, 1.807) is 6.07 Å². The molecular weight excluding hydrogens is 422 g/mol. The van der Waals surface area contributed by atoms with Gasteiger partial charge in [-0.05, 0) is 24.1 Å². The van der Waals surface area contributed by atoms with Crippen molar-refractivity contribution in [1.29, 1.82) is 0 Å². The summed E-state index contributed by atoms with van der Waals surface area (Å²) in [5, 5.41) is 9.53. The van der Waals surface area contributed by atoms with Gasteiger partial charge in [-0.15, -0.1) is 0 Å². The molecule has 8 nitrogen and oxygen atoms in total. The molecule has 3 aromatic rings. The fourth-order valence-corrected chi connectivity index (χ4v) is 3.38. The smallest absolute Gasteiger partial charge is 0.273 e. The average Bonchev–Trinajstić information content (AvgIpc) is 3.29. The molecule has 1 aliphatic heterocycles. The highest BCUT2D eigenvalue weighted by Crippen LogP contribution is 2.38. The van der Waals surface area contributed by atoms with Gasteiger partial charge in [-0.1, -0.05) is 47.1 Å². The number of carbonyl (C=O) groups excluding carboxylic acids is 2. The van der Waals surface area contributed by atoms with Crippen LogP contribution in [-0.2, 0) is 11.2 Å². The summed E-state index contributed by atoms with van der Waals surface area (Å²) in [6, 6.07) is 14.5. The van der Waals surface area contributed by atoms with Crippen LogP contribution in [0.2, 0.25) is 5.02 Å². The van der Waals surface area contributed by atoms with E-state index in [1.807, 2.05) is 36.4 Å². The maximum atomic E-state index is 12.2. The van der Waals surface area contributed by atoms with Crippen molar-refractivity contribution in [2.75, 3.05) is 26.3 Å². The minimum Gasteiger partial charge on any atom is -0.486 e. The lowest BCUT2D eigenvalue weighted by atomic mass is 10.1. The Balaban J connectivity index is 1.23. The van der Waals surface area contributed by atoms with E-state index in [2.05, 4.69) is 15.8 Å². The Morgan fingerprint density at radius 3 is 2.68 bits per heavy atom. The molecule has 0 atom stereocenters. The second kappa shape index (κ2) is 9.53. The van der Waals surface area contributed by atoms with Gasteiger partial charge in [-0.25, -0.2) is 0 Å². The Morgan fingerprint density at radius 1 is 1.03 bits per heavy atom. The van der Waals surface area contributed by atoms with Crippen LogP contribution in [0.5, 0.6) is 11.5 Å². The quantitative estimate of drug-likeness (QED) is 0.584. The van der Waals surface area contributed by atoms with Gasteiger partial charge in [-0.3, -0.25) is 9.59 Å². The van der Waals surface area contributed by atoms with Crippen molar-refractivity contribution >= 4 is 23.4 Å². The normalized spacial score (nSPS) is 12.3. The van der Waals surface area contributed by atoms with Gasteiger partial charge in [0.05, 0.1) is 11.6 Å². The van der Waals surface area contributed by atoms with Crippen LogP contribution >= 0.6 is 11.6 Å². The summed E-state index contributed by atoms with van der Waals surface area (Å²) in [5.41, 5.74) is 1.83. The van der Waals surface area contributed by atoms with Gasteiger partial charge in [0.1, 0.15) is 13.2 Å². The highest BCUT2D eigenvalue weighted by atomic mass is 35.5. The number of halogens is 1. The van der Waals surface area contributed by atoms with Gasteiger partial charge in [0.15, 0.2) is 23.0 Å². The zero-order valence-electron chi connectivity index (χ0n) is 16.5. The van der Waals surface area contributed by atoms with Gasteiger partial charge < -0.3 is 24.6 Å². The molecule has 2 amide bonds. The first-order valence-corrected chi connectivity index (χ1v) is 10.1. The summed E-state index contributed by atoms with van der Waals surface area (Å²) >= 11 is 6.22. The third-order valence-corrected chi connectivity index (χ3v) is 4.88. The van der Waals surface area contributed by atoms with E-state index in [9.17, 15) is 9.59 Å². The van der Waals surface area contributed by atoms with E-state index in [-0.39, 0.29) is 18.1 Å². The van der Waals surface area contributed by atoms with Crippen LogP contribution in [0, 0.1) is 0 Å². The molecule has 2 N–H and O–H groups in total. The van der Waals surface area contributed by atoms with Crippen LogP contribution in [0.15, 0.2) is 53.1 Å². The third-order valence-electron chi connectivity index (χ3n) is 4.60. The number of aromatic nitrogens is 1. The number of nitrogens with zero attached hydrogens (tertiary/aromatic N) is 1. The maximum absolute atomic E-state index is 12.2. The van der Waals surface area contributed by atoms with E-state index >= 15 is 0 Å². The van der Waals surface area contributed by atoms with Crippen LogP contribution in [0.1, 0.15) is 16.1 Å². The van der Waals surface area contributed by atoms with E-state index in [0.29, 0.717) is 48.5 Å². The standard InChI is InChI=1S/C22H20ClN3O5/c23-16-10-14(11-19-21(16)30-9-8-29-19)6-7-24-20(27)13-25-22(28)17-12-18(31-26-17)15-4-2-1-3-5-15/h1-5,10-12H,6-9,13H2,(H,24,27)(H,25,28). The molecule has 0 aliphatic carbocycles. The first-order chi connectivity index (χ1) is 15.1. The van der Waals surface area contributed by atoms with Crippen molar-refractivity contribution in [3.8, 4) is 22.8 Å². The number of hydrogen-bond acceptors (Lipinski definition) is 6. The molecule has 2 aromatic carbocycles. The molecule has 9 heteroatoms. The van der Waals surface area contributed by atoms with Crippen LogP contribution in [0.25, 0.3) is 11.3 Å². The number of nitrogens with one attached hydrogen (secondary N) is 2. The highest BCUT2D eigenvalue weighted by molar-refractivity contribution is 6.32. The molecule has 0 radical (unpaired) electrons. The Bertz CT molecular complexity index is 1080. The second-order valence-electron chi connectivity index (χ2n) is 6.83. The topological polar surface area (TPSA) is 103 Å². The van der Waals surface area contributed by atoms with Crippen LogP contribution in [0.3, 0.4) is 0 Å². The predicted octanol–water partition coefficient (Wildman–Crippen LogP) is 2.85. The molecule has 4 rings (SSSR count). The number of ether oxygens (including phenoxy) is 2. The number of rotatable bonds is 7. The van der Waals surface area contributed by atoms with Crippen molar-refractivity contribution < 1.29 is 23.6 Å². The minimum atomic E-state index is -0.486. The number of benzene rings is 2. The maximum Gasteiger partial charge on any atom is 0.273 e. The third kappa shape index (κ3) is 5.16. The lowest BCUT2D eigenvalue weighted by Gasteiger charge is -2.20. The molecule has 0 saturated carbocycles. The summed E-state index contributed by atoms with van der Waals surface area (Å²) < 4.78 is 16.2. The highest BCUT2D eigenvalue weighted by Gasteiger charge is 2.17. The first-order valence-electron chi connectivity index (χ1n) is 9.75. The lowest BCUT2D eigenvalue weighted by molar-refractivity contribution is -0.120. The molecule has 160 valence electrons. The molecule has 2 heterocycles. The number of carbonyl (C=O) groups is 2. The van der Waals surface area contributed by atoms with E-state index in [0.717, 1.165) is 11.1 Å². The first kappa shape index (κ1) is 20.7. The molecule has 0 saturated heterocycles. The van der Waals surface area contributed by atoms with Crippen LogP contribution in [-0.4, -0.2) is 43.3 Å². The van der Waals surface area contributed by atoms with Crippen LogP contribution < -0.4 is 20.1 Å². The predicted molar refractivity (Wildman–Crippen MR) is 113 cm³/mol. The Kier molecular flexibility index (Phi) is 6.37. The Hall–Kier alpha value is -3.52. The van der Waals surface area contributed by atoms with Crippen molar-refractivity contribution in [3.05, 3.63) is 64.8 Å². The van der Waals surface area contributed by atoms with Gasteiger partial charge >= 0.3 is 0 Å². The molecule has 0 bridgehead atoms. The van der Waals surface area contributed by atoms with Gasteiger partial charge in [-0.2, -0.15) is 0 Å². The Morgan fingerprint density at radius 2 is 1.84 bits per heavy atom. The van der Waals surface area contributed by atoms with Gasteiger partial charge in [0.25, 0.3) is 5.91 Å². The van der Waals surface area contributed by atoms with Crippen molar-refractivity contribution in [1.82, 2.24) is 15.8 Å². The number of amides is 2. The molecule has 31 heavy (non-hydrogen) atoms. The zero-order valence-corrected chi connectivity index (χ0v) is 17.3. The molecule has 0 fully saturated rings. The fraction of sp³-hybridized carbons (Fsp3) is 0.227. The monoisotopic (exact) mass is 441 g/mol. The Labute approximate surface area is 183 Å². The van der Waals surface area contributed by atoms with Crippen molar-refractivity contribution in [2.24, 2.45) is 0 Å². The van der Waals surface area contributed by atoms with Gasteiger partial charge in [0, 0.05) is 18.2 Å². The largest absolute Gasteiger partial charge is 0.486 e. The molecule has 0 spiro atoms. The van der Waals surface area contributed by atoms with Crippen molar-refractivity contribution in [3.63, 3.8) is 0 Å². The van der Waals surface area contributed by atoms with E-state index in [1.165, 1.54) is 6.07 Å². The minimum absolute atomic E-state index is 0.109. The van der Waals surface area contributed by atoms with Gasteiger partial charge in [0.2, 0.25) is 5.91 Å². The summed E-state index contributed by atoms with van der Waals surface area (Å²) in [4.78, 5) is 24.3. The molecular formula is C22H20ClN3O5. The summed E-state index contributed by atoms with van der Waals surface area (Å²) in [5.74, 6) is 0.832. The van der Waals surface area contributed by atoms with Crippen molar-refractivity contribution in [2.45, 2.75) is 6.42 Å². The SMILES string of the molecule is O=C(CNC(=O)c1cc(-c2ccccc2)on1)NCCc1cc(Cl)c2c(c1)OCCO2. The second-order valence-corrected chi connectivity index (χ2v) is 7.23. The summed E-state index contributed by atoms with van der Waals surface area (Å²) in [6.07, 6.45) is 0.555. The van der Waals surface area contributed by atoms with E-state index < -0.39 is 5.91 Å². The zero-order chi connectivity index (χ0) is 21.6. The van der Waals surface area contributed by atoms with E-state index in [4.69, 9.17) is 25.6 Å². The summed E-state index contributed by atoms with van der Waals surface area (Å²) in [7, 11) is 0. The molecule has 1 aliphatic rings. The number of hydrogen-bond donors (Lipinski definition) is 2. The average molecular weight is 442 g/mol. The van der Waals surface area contributed by atoms with Crippen LogP contribution in [0.4, 0.5) is 0 Å². The fourth-order valence-electron chi connectivity index (χ4n) is 3.09. The number of fused-ring (bicyclic) bond motifs is 1. The molecule has 0 unspecified atom stereocenters.